The van der Waals surface area contributed by atoms with Crippen LogP contribution in [0.15, 0.2) is 22.7 Å². The van der Waals surface area contributed by atoms with Crippen molar-refractivity contribution >= 4 is 27.5 Å². The normalized spacial score (nSPS) is 10.9. The van der Waals surface area contributed by atoms with Gasteiger partial charge in [-0.1, -0.05) is 11.6 Å². The van der Waals surface area contributed by atoms with Gasteiger partial charge < -0.3 is 10.1 Å². The topological polar surface area (TPSA) is 64.9 Å². The first-order valence-electron chi connectivity index (χ1n) is 5.64. The number of ether oxygens (including phenoxy) is 1. The van der Waals surface area contributed by atoms with Gasteiger partial charge in [-0.05, 0) is 44.6 Å². The highest BCUT2D eigenvalue weighted by atomic mass is 79.9. The molecule has 6 nitrogen and oxygen atoms in total. The summed E-state index contributed by atoms with van der Waals surface area (Å²) in [5.41, 5.74) is 0.821. The minimum absolute atomic E-state index is 0.560. The van der Waals surface area contributed by atoms with Crippen LogP contribution < -0.4 is 5.32 Å². The van der Waals surface area contributed by atoms with Crippen LogP contribution in [-0.4, -0.2) is 40.5 Å². The highest BCUT2D eigenvalue weighted by molar-refractivity contribution is 9.10. The Hall–Kier alpha value is -1.02. The molecule has 2 rings (SSSR count). The van der Waals surface area contributed by atoms with Gasteiger partial charge in [-0.15, -0.1) is 5.10 Å². The minimum atomic E-state index is 0.560. The Kier molecular flexibility index (Phi) is 5.26. The lowest BCUT2D eigenvalue weighted by atomic mass is 10.3. The van der Waals surface area contributed by atoms with Crippen LogP contribution >= 0.6 is 27.5 Å². The zero-order valence-corrected chi connectivity index (χ0v) is 12.6. The summed E-state index contributed by atoms with van der Waals surface area (Å²) in [6.45, 7) is 1.94. The lowest BCUT2D eigenvalue weighted by Crippen LogP contribution is -2.21. The van der Waals surface area contributed by atoms with E-state index < -0.39 is 0 Å². The monoisotopic (exact) mass is 345 g/mol. The second-order valence-corrected chi connectivity index (χ2v) is 5.04. The summed E-state index contributed by atoms with van der Waals surface area (Å²) in [7, 11) is 1.66. The van der Waals surface area contributed by atoms with Gasteiger partial charge in [-0.3, -0.25) is 0 Å². The highest BCUT2D eigenvalue weighted by Gasteiger charge is 2.09. The fourth-order valence-electron chi connectivity index (χ4n) is 1.51. The average molecular weight is 347 g/mol. The number of nitrogens with zero attached hydrogens (tertiary/aromatic N) is 4. The number of rotatable bonds is 6. The van der Waals surface area contributed by atoms with Crippen LogP contribution in [-0.2, 0) is 11.3 Å². The van der Waals surface area contributed by atoms with Crippen molar-refractivity contribution in [2.24, 2.45) is 0 Å². The molecule has 0 amide bonds. The second kappa shape index (κ2) is 6.95. The van der Waals surface area contributed by atoms with Crippen molar-refractivity contribution in [1.29, 1.82) is 0 Å². The van der Waals surface area contributed by atoms with Crippen LogP contribution in [0.4, 0.5) is 0 Å². The van der Waals surface area contributed by atoms with Crippen LogP contribution in [0.1, 0.15) is 5.82 Å². The van der Waals surface area contributed by atoms with Crippen molar-refractivity contribution in [2.75, 3.05) is 20.3 Å². The van der Waals surface area contributed by atoms with E-state index in [-0.39, 0.29) is 0 Å². The van der Waals surface area contributed by atoms with Crippen LogP contribution in [0.5, 0.6) is 0 Å². The Balaban J connectivity index is 2.12. The molecule has 0 atom stereocenters. The Labute approximate surface area is 124 Å². The number of halogens is 2. The highest BCUT2D eigenvalue weighted by Crippen LogP contribution is 2.24. The Morgan fingerprint density at radius 1 is 1.47 bits per heavy atom. The van der Waals surface area contributed by atoms with Crippen LogP contribution in [0.2, 0.25) is 5.02 Å². The molecule has 0 saturated carbocycles. The third-order valence-electron chi connectivity index (χ3n) is 2.45. The molecule has 0 aliphatic rings. The van der Waals surface area contributed by atoms with Crippen molar-refractivity contribution in [3.63, 3.8) is 0 Å². The second-order valence-electron chi connectivity index (χ2n) is 3.77. The number of hydrogen-bond acceptors (Lipinski definition) is 5. The van der Waals surface area contributed by atoms with E-state index in [4.69, 9.17) is 16.3 Å². The van der Waals surface area contributed by atoms with Crippen molar-refractivity contribution in [2.45, 2.75) is 6.54 Å². The van der Waals surface area contributed by atoms with E-state index in [1.54, 1.807) is 17.9 Å². The minimum Gasteiger partial charge on any atom is -0.383 e. The summed E-state index contributed by atoms with van der Waals surface area (Å²) in [6.07, 6.45) is 0. The van der Waals surface area contributed by atoms with Gasteiger partial charge in [0.2, 0.25) is 0 Å². The van der Waals surface area contributed by atoms with Gasteiger partial charge in [0, 0.05) is 18.1 Å². The molecule has 0 saturated heterocycles. The van der Waals surface area contributed by atoms with E-state index in [2.05, 4.69) is 36.8 Å². The maximum absolute atomic E-state index is 6.07. The molecule has 19 heavy (non-hydrogen) atoms. The largest absolute Gasteiger partial charge is 0.383 e. The first-order valence-corrected chi connectivity index (χ1v) is 6.82. The molecule has 0 aliphatic heterocycles. The fraction of sp³-hybridized carbons (Fsp3) is 0.364. The summed E-state index contributed by atoms with van der Waals surface area (Å²) < 4.78 is 7.45. The van der Waals surface area contributed by atoms with E-state index in [1.807, 2.05) is 12.1 Å². The molecule has 8 heteroatoms. The first-order chi connectivity index (χ1) is 9.22. The Bertz CT molecular complexity index is 548. The van der Waals surface area contributed by atoms with Gasteiger partial charge in [0.15, 0.2) is 5.82 Å². The number of nitrogens with one attached hydrogen (secondary N) is 1. The quantitative estimate of drug-likeness (QED) is 0.808. The lowest BCUT2D eigenvalue weighted by Gasteiger charge is -2.06. The van der Waals surface area contributed by atoms with Crippen molar-refractivity contribution in [3.05, 3.63) is 33.5 Å². The fourth-order valence-corrected chi connectivity index (χ4v) is 1.93. The molecule has 2 aromatic rings. The molecule has 1 aromatic carbocycles. The third kappa shape index (κ3) is 3.73. The zero-order valence-electron chi connectivity index (χ0n) is 10.3. The van der Waals surface area contributed by atoms with E-state index in [0.717, 1.165) is 22.5 Å². The first kappa shape index (κ1) is 14.4. The van der Waals surface area contributed by atoms with Crippen molar-refractivity contribution < 1.29 is 4.74 Å². The molecule has 0 bridgehead atoms. The van der Waals surface area contributed by atoms with Gasteiger partial charge in [0.1, 0.15) is 0 Å². The van der Waals surface area contributed by atoms with E-state index >= 15 is 0 Å². The molecule has 1 N–H and O–H groups in total. The molecular formula is C11H13BrClN5O. The maximum Gasteiger partial charge on any atom is 0.170 e. The SMILES string of the molecule is COCCNCc1nnnn1-c1ccc(Br)c(Cl)c1. The lowest BCUT2D eigenvalue weighted by molar-refractivity contribution is 0.199. The number of methoxy groups -OCH3 is 1. The van der Waals surface area contributed by atoms with Gasteiger partial charge >= 0.3 is 0 Å². The Morgan fingerprint density at radius 3 is 3.05 bits per heavy atom. The predicted molar refractivity (Wildman–Crippen MR) is 75.4 cm³/mol. The third-order valence-corrected chi connectivity index (χ3v) is 3.68. The number of hydrogen-bond donors (Lipinski definition) is 1. The maximum atomic E-state index is 6.07. The van der Waals surface area contributed by atoms with Gasteiger partial charge in [0.25, 0.3) is 0 Å². The average Bonchev–Trinajstić information content (AvgIpc) is 2.86. The Morgan fingerprint density at radius 2 is 2.32 bits per heavy atom. The van der Waals surface area contributed by atoms with Crippen LogP contribution in [0, 0.1) is 0 Å². The summed E-state index contributed by atoms with van der Waals surface area (Å²) in [5.74, 6) is 0.717. The van der Waals surface area contributed by atoms with E-state index in [1.165, 1.54) is 0 Å². The summed E-state index contributed by atoms with van der Waals surface area (Å²) in [5, 5.41) is 15.5. The van der Waals surface area contributed by atoms with Gasteiger partial charge in [-0.2, -0.15) is 4.68 Å². The summed E-state index contributed by atoms with van der Waals surface area (Å²) in [6, 6.07) is 5.56. The van der Waals surface area contributed by atoms with Crippen molar-refractivity contribution in [3.8, 4) is 5.69 Å². The number of tetrazole rings is 1. The molecule has 0 unspecified atom stereocenters. The molecule has 0 fully saturated rings. The number of aromatic nitrogens is 4. The molecule has 0 radical (unpaired) electrons. The molecule has 102 valence electrons. The van der Waals surface area contributed by atoms with Crippen LogP contribution in [0.25, 0.3) is 5.69 Å². The standard InChI is InChI=1S/C11H13BrClN5O/c1-19-5-4-14-7-11-15-16-17-18(11)8-2-3-9(12)10(13)6-8/h2-3,6,14H,4-5,7H2,1H3. The number of benzene rings is 1. The molecule has 1 heterocycles. The van der Waals surface area contributed by atoms with E-state index in [9.17, 15) is 0 Å². The van der Waals surface area contributed by atoms with Crippen LogP contribution in [0.3, 0.4) is 0 Å². The van der Waals surface area contributed by atoms with Gasteiger partial charge in [0.05, 0.1) is 23.9 Å². The summed E-state index contributed by atoms with van der Waals surface area (Å²) in [4.78, 5) is 0. The molecular weight excluding hydrogens is 334 g/mol. The van der Waals surface area contributed by atoms with Gasteiger partial charge in [-0.25, -0.2) is 0 Å². The smallest absolute Gasteiger partial charge is 0.170 e. The van der Waals surface area contributed by atoms with Crippen molar-refractivity contribution in [1.82, 2.24) is 25.5 Å². The molecule has 0 aliphatic carbocycles. The predicted octanol–water partition coefficient (Wildman–Crippen LogP) is 1.81. The summed E-state index contributed by atoms with van der Waals surface area (Å²) >= 11 is 9.42. The molecule has 1 aromatic heterocycles. The molecule has 0 spiro atoms. The van der Waals surface area contributed by atoms with E-state index in [0.29, 0.717) is 18.2 Å². The zero-order chi connectivity index (χ0) is 13.7.